The van der Waals surface area contributed by atoms with Crippen molar-refractivity contribution in [3.05, 3.63) is 97.2 Å². The molecule has 8 unspecified atom stereocenters. The van der Waals surface area contributed by atoms with Gasteiger partial charge >= 0.3 is 5.97 Å². The molecule has 490 valence electrons. The summed E-state index contributed by atoms with van der Waals surface area (Å²) in [6, 6.07) is -1.04. The zero-order valence-corrected chi connectivity index (χ0v) is 54.5. The molecule has 85 heavy (non-hydrogen) atoms. The Morgan fingerprint density at radius 3 is 1.24 bits per heavy atom. The summed E-state index contributed by atoms with van der Waals surface area (Å²) in [5, 5.41) is 57.2. The van der Waals surface area contributed by atoms with Crippen LogP contribution in [0.4, 0.5) is 0 Å². The number of hydrogen-bond donors (Lipinski definition) is 6. The molecule has 0 saturated carbocycles. The number of hydrogen-bond acceptors (Lipinski definition) is 10. The lowest BCUT2D eigenvalue weighted by Crippen LogP contribution is -2.61. The Bertz CT molecular complexity index is 1750. The van der Waals surface area contributed by atoms with Crippen LogP contribution in [0.3, 0.4) is 0 Å². The van der Waals surface area contributed by atoms with E-state index in [0.29, 0.717) is 12.8 Å². The molecule has 1 amide bonds. The van der Waals surface area contributed by atoms with E-state index in [1.165, 1.54) is 154 Å². The maximum atomic E-state index is 13.5. The van der Waals surface area contributed by atoms with Crippen LogP contribution in [0.2, 0.25) is 0 Å². The highest BCUT2D eigenvalue weighted by molar-refractivity contribution is 5.80. The second-order valence-electron chi connectivity index (χ2n) is 23.9. The summed E-state index contributed by atoms with van der Waals surface area (Å²) in [6.07, 6.45) is 71.5. The van der Waals surface area contributed by atoms with Gasteiger partial charge in [-0.3, -0.25) is 9.59 Å². The fraction of sp³-hybridized carbons (Fsp3) is 0.757. The number of esters is 1. The van der Waals surface area contributed by atoms with Crippen LogP contribution in [0.5, 0.6) is 0 Å². The maximum absolute atomic E-state index is 13.5. The molecule has 0 spiro atoms. The molecule has 0 aliphatic carbocycles. The Balaban J connectivity index is 2.63. The van der Waals surface area contributed by atoms with Gasteiger partial charge in [-0.2, -0.15) is 0 Å². The Kier molecular flexibility index (Phi) is 57.0. The zero-order chi connectivity index (χ0) is 61.7. The number of carbonyl (C=O) groups is 2. The van der Waals surface area contributed by atoms with E-state index in [1.807, 2.05) is 6.08 Å². The average molecular weight is 1190 g/mol. The van der Waals surface area contributed by atoms with E-state index in [-0.39, 0.29) is 19.4 Å². The molecule has 0 bridgehead atoms. The van der Waals surface area contributed by atoms with Crippen molar-refractivity contribution in [2.45, 2.75) is 346 Å². The van der Waals surface area contributed by atoms with Gasteiger partial charge in [0.15, 0.2) is 12.4 Å². The largest absolute Gasteiger partial charge is 0.454 e. The number of rotatable bonds is 59. The van der Waals surface area contributed by atoms with Crippen molar-refractivity contribution in [2.24, 2.45) is 0 Å². The first-order chi connectivity index (χ1) is 41.7. The van der Waals surface area contributed by atoms with Crippen LogP contribution < -0.4 is 5.32 Å². The molecule has 11 heteroatoms. The number of amides is 1. The summed E-state index contributed by atoms with van der Waals surface area (Å²) in [5.41, 5.74) is 0. The molecule has 1 rings (SSSR count). The predicted molar refractivity (Wildman–Crippen MR) is 356 cm³/mol. The first kappa shape index (κ1) is 79.6. The molecule has 1 aliphatic rings. The Morgan fingerprint density at radius 1 is 0.459 bits per heavy atom. The number of nitrogens with one attached hydrogen (secondary N) is 1. The molecular formula is C74H129NO10. The lowest BCUT2D eigenvalue weighted by molar-refractivity contribution is -0.305. The van der Waals surface area contributed by atoms with Crippen molar-refractivity contribution in [3.63, 3.8) is 0 Å². The van der Waals surface area contributed by atoms with Crippen molar-refractivity contribution in [3.8, 4) is 0 Å². The van der Waals surface area contributed by atoms with Gasteiger partial charge in [0, 0.05) is 6.42 Å². The third kappa shape index (κ3) is 48.2. The van der Waals surface area contributed by atoms with Crippen molar-refractivity contribution < 1.29 is 49.3 Å². The van der Waals surface area contributed by atoms with Gasteiger partial charge in [0.25, 0.3) is 0 Å². The highest BCUT2D eigenvalue weighted by Crippen LogP contribution is 2.26. The molecule has 8 atom stereocenters. The molecule has 0 aromatic heterocycles. The molecule has 0 aromatic rings. The van der Waals surface area contributed by atoms with Gasteiger partial charge in [0.2, 0.25) is 5.91 Å². The molecule has 1 heterocycles. The van der Waals surface area contributed by atoms with Crippen LogP contribution in [0.25, 0.3) is 0 Å². The quantitative estimate of drug-likeness (QED) is 0.0195. The van der Waals surface area contributed by atoms with Crippen molar-refractivity contribution in [2.75, 3.05) is 13.2 Å². The van der Waals surface area contributed by atoms with Gasteiger partial charge < -0.3 is 45.1 Å². The van der Waals surface area contributed by atoms with Crippen LogP contribution in [0.15, 0.2) is 97.2 Å². The molecule has 6 N–H and O–H groups in total. The van der Waals surface area contributed by atoms with Gasteiger partial charge in [-0.25, -0.2) is 0 Å². The van der Waals surface area contributed by atoms with Crippen molar-refractivity contribution in [1.82, 2.24) is 5.32 Å². The average Bonchev–Trinajstić information content (AvgIpc) is 2.49. The molecule has 1 fully saturated rings. The van der Waals surface area contributed by atoms with E-state index < -0.39 is 67.4 Å². The summed E-state index contributed by atoms with van der Waals surface area (Å²) in [5.74, 6) is -1.23. The van der Waals surface area contributed by atoms with E-state index in [2.05, 4.69) is 111 Å². The normalized spacial score (nSPS) is 19.0. The minimum Gasteiger partial charge on any atom is -0.454 e. The van der Waals surface area contributed by atoms with Crippen LogP contribution in [0, 0.1) is 0 Å². The predicted octanol–water partition coefficient (Wildman–Crippen LogP) is 17.8. The van der Waals surface area contributed by atoms with Crippen LogP contribution in [-0.2, 0) is 23.8 Å². The molecule has 1 aliphatic heterocycles. The van der Waals surface area contributed by atoms with Gasteiger partial charge in [-0.1, -0.05) is 279 Å². The lowest BCUT2D eigenvalue weighted by atomic mass is 9.99. The molecule has 0 radical (unpaired) electrons. The van der Waals surface area contributed by atoms with E-state index in [0.717, 1.165) is 96.3 Å². The molecule has 0 aromatic carbocycles. The Hall–Kier alpha value is -3.42. The fourth-order valence-corrected chi connectivity index (χ4v) is 10.4. The Morgan fingerprint density at radius 2 is 0.812 bits per heavy atom. The van der Waals surface area contributed by atoms with Crippen molar-refractivity contribution in [1.29, 1.82) is 0 Å². The van der Waals surface area contributed by atoms with E-state index in [9.17, 15) is 35.1 Å². The molecule has 11 nitrogen and oxygen atoms in total. The van der Waals surface area contributed by atoms with Crippen LogP contribution in [0.1, 0.15) is 297 Å². The number of allylic oxidation sites excluding steroid dienone is 15. The topological polar surface area (TPSA) is 175 Å². The summed E-state index contributed by atoms with van der Waals surface area (Å²) in [4.78, 5) is 26.7. The number of carbonyl (C=O) groups excluding carboxylic acids is 2. The number of unbranched alkanes of at least 4 members (excludes halogenated alkanes) is 31. The van der Waals surface area contributed by atoms with Gasteiger partial charge in [0.05, 0.1) is 25.4 Å². The van der Waals surface area contributed by atoms with Crippen molar-refractivity contribution >= 4 is 11.9 Å². The summed E-state index contributed by atoms with van der Waals surface area (Å²) >= 11 is 0. The minimum absolute atomic E-state index is 0.0824. The molecular weight excluding hydrogens is 1060 g/mol. The van der Waals surface area contributed by atoms with E-state index in [4.69, 9.17) is 14.2 Å². The number of aliphatic hydroxyl groups excluding tert-OH is 5. The smallest absolute Gasteiger partial charge is 0.306 e. The third-order valence-electron chi connectivity index (χ3n) is 16.0. The van der Waals surface area contributed by atoms with Crippen LogP contribution in [-0.4, -0.2) is 99.6 Å². The first-order valence-corrected chi connectivity index (χ1v) is 35.0. The minimum atomic E-state index is -1.63. The zero-order valence-electron chi connectivity index (χ0n) is 54.5. The fourth-order valence-electron chi connectivity index (χ4n) is 10.4. The maximum Gasteiger partial charge on any atom is 0.306 e. The lowest BCUT2D eigenvalue weighted by Gasteiger charge is -2.41. The van der Waals surface area contributed by atoms with Gasteiger partial charge in [0.1, 0.15) is 24.4 Å². The highest BCUT2D eigenvalue weighted by atomic mass is 16.7. The number of aliphatic hydroxyl groups is 5. The van der Waals surface area contributed by atoms with Gasteiger partial charge in [-0.15, -0.1) is 0 Å². The summed E-state index contributed by atoms with van der Waals surface area (Å²) in [6.45, 7) is 5.74. The van der Waals surface area contributed by atoms with Crippen LogP contribution >= 0.6 is 0 Å². The first-order valence-electron chi connectivity index (χ1n) is 35.0. The van der Waals surface area contributed by atoms with E-state index >= 15 is 0 Å². The Labute approximate surface area is 520 Å². The van der Waals surface area contributed by atoms with E-state index in [1.54, 1.807) is 6.08 Å². The highest BCUT2D eigenvalue weighted by Gasteiger charge is 2.47. The third-order valence-corrected chi connectivity index (χ3v) is 16.0. The van der Waals surface area contributed by atoms with Gasteiger partial charge in [-0.05, 0) is 109 Å². The number of ether oxygens (including phenoxy) is 3. The second-order valence-corrected chi connectivity index (χ2v) is 23.9. The summed E-state index contributed by atoms with van der Waals surface area (Å²) < 4.78 is 17.7. The molecule has 1 saturated heterocycles. The second kappa shape index (κ2) is 60.8. The standard InChI is InChI=1S/C74H129NO10/c1-4-7-10-13-16-19-22-25-27-29-31-32-33-34-35-37-38-40-43-46-49-52-55-58-61-67(78)73(82)75-65(66(77)60-57-54-51-48-45-42-24-21-18-15-12-9-6-3)64-83-74-72(71(81)70(80)68(63-76)84-74)85-69(79)62-59-56-53-50-47-44-41-39-36-30-28-26-23-20-17-14-11-8-5-2/h16-17,19-20,25-28,31-32,36,39,44,47,57,60,65-68,70-72,74,76-78,80-81H,4-15,18,21-24,29-30,33-35,37-38,40-43,45-46,48-56,58-59,61-64H2,1-3H3,(H,75,82)/b19-16-,20-17-,27-25-,28-26-,32-31-,39-36-,47-44-,60-57+. The summed E-state index contributed by atoms with van der Waals surface area (Å²) in [7, 11) is 0. The SMILES string of the molecule is CCCCC/C=C\C/C=C\C/C=C\C/C=C\CCCCCC(=O)OC1C(OCC(NC(=O)C(O)CCCCCCCCCCCCC/C=C\C/C=C\C/C=C\CCCCC)C(O)/C=C/CCCCCCCCCCCCC)OC(CO)C(O)C1O. The monoisotopic (exact) mass is 1190 g/mol.